The normalized spacial score (nSPS) is 10.8. The quantitative estimate of drug-likeness (QED) is 0.651. The molecule has 0 spiro atoms. The number of rotatable bonds is 5. The number of nitrogen functional groups attached to an aromatic ring is 1. The van der Waals surface area contributed by atoms with Gasteiger partial charge in [0.25, 0.3) is 0 Å². The molecule has 0 amide bonds. The Morgan fingerprint density at radius 2 is 2.11 bits per heavy atom. The van der Waals surface area contributed by atoms with Crippen molar-refractivity contribution in [2.45, 2.75) is 32.7 Å². The molecule has 0 aliphatic rings. The van der Waals surface area contributed by atoms with E-state index < -0.39 is 0 Å². The molecule has 0 bridgehead atoms. The molecule has 6 heteroatoms. The third-order valence-corrected chi connectivity index (χ3v) is 2.68. The van der Waals surface area contributed by atoms with E-state index in [-0.39, 0.29) is 5.82 Å². The summed E-state index contributed by atoms with van der Waals surface area (Å²) in [5, 5.41) is 11.5. The van der Waals surface area contributed by atoms with Crippen LogP contribution in [0.3, 0.4) is 0 Å². The zero-order chi connectivity index (χ0) is 13.0. The first-order valence-electron chi connectivity index (χ1n) is 6.03. The summed E-state index contributed by atoms with van der Waals surface area (Å²) in [6.07, 6.45) is 3.24. The van der Waals surface area contributed by atoms with Gasteiger partial charge >= 0.3 is 0 Å². The van der Waals surface area contributed by atoms with Crippen LogP contribution >= 0.6 is 0 Å². The van der Waals surface area contributed by atoms with Crippen LogP contribution in [0.4, 0.5) is 10.1 Å². The summed E-state index contributed by atoms with van der Waals surface area (Å²) in [5.41, 5.74) is 6.59. The summed E-state index contributed by atoms with van der Waals surface area (Å²) >= 11 is 0. The Balaban J connectivity index is 2.24. The molecule has 1 aromatic heterocycles. The average Bonchev–Trinajstić information content (AvgIpc) is 2.76. The van der Waals surface area contributed by atoms with Crippen LogP contribution in [0.25, 0.3) is 11.4 Å². The highest BCUT2D eigenvalue weighted by molar-refractivity contribution is 5.61. The fraction of sp³-hybridized carbons (Fsp3) is 0.417. The minimum Gasteiger partial charge on any atom is -0.399 e. The van der Waals surface area contributed by atoms with Gasteiger partial charge in [0.1, 0.15) is 5.82 Å². The molecule has 1 aromatic carbocycles. The highest BCUT2D eigenvalue weighted by atomic mass is 19.1. The molecular formula is C12H16FN5. The van der Waals surface area contributed by atoms with Gasteiger partial charge in [-0.3, -0.25) is 0 Å². The van der Waals surface area contributed by atoms with Crippen LogP contribution < -0.4 is 5.73 Å². The SMILES string of the molecule is CCCCCn1nnnc1-c1cc(N)cc(F)c1. The third kappa shape index (κ3) is 2.82. The van der Waals surface area contributed by atoms with Crippen molar-refractivity contribution in [2.75, 3.05) is 5.73 Å². The minimum absolute atomic E-state index is 0.369. The molecule has 0 saturated heterocycles. The molecule has 0 saturated carbocycles. The number of halogens is 1. The Hall–Kier alpha value is -1.98. The lowest BCUT2D eigenvalue weighted by Crippen LogP contribution is -2.03. The van der Waals surface area contributed by atoms with E-state index in [9.17, 15) is 4.39 Å². The lowest BCUT2D eigenvalue weighted by molar-refractivity contribution is 0.541. The number of unbranched alkanes of at least 4 members (excludes halogenated alkanes) is 2. The Labute approximate surface area is 105 Å². The molecule has 2 aromatic rings. The van der Waals surface area contributed by atoms with E-state index in [0.717, 1.165) is 25.8 Å². The molecule has 18 heavy (non-hydrogen) atoms. The number of aromatic nitrogens is 4. The minimum atomic E-state index is -0.381. The maximum absolute atomic E-state index is 13.3. The van der Waals surface area contributed by atoms with Crippen LogP contribution in [0.15, 0.2) is 18.2 Å². The molecular weight excluding hydrogens is 233 g/mol. The van der Waals surface area contributed by atoms with Gasteiger partial charge in [0.05, 0.1) is 0 Å². The Kier molecular flexibility index (Phi) is 3.86. The van der Waals surface area contributed by atoms with Gasteiger partial charge in [-0.1, -0.05) is 19.8 Å². The first-order valence-corrected chi connectivity index (χ1v) is 6.03. The van der Waals surface area contributed by atoms with Crippen LogP contribution in [0.1, 0.15) is 26.2 Å². The molecule has 0 fully saturated rings. The van der Waals surface area contributed by atoms with Crippen molar-refractivity contribution < 1.29 is 4.39 Å². The van der Waals surface area contributed by atoms with Crippen molar-refractivity contribution in [3.8, 4) is 11.4 Å². The number of hydrogen-bond donors (Lipinski definition) is 1. The van der Waals surface area contributed by atoms with Crippen molar-refractivity contribution in [3.63, 3.8) is 0 Å². The summed E-state index contributed by atoms with van der Waals surface area (Å²) in [4.78, 5) is 0. The van der Waals surface area contributed by atoms with Crippen LogP contribution in [0, 0.1) is 5.82 Å². The van der Waals surface area contributed by atoms with Crippen LogP contribution in [-0.4, -0.2) is 20.2 Å². The molecule has 0 atom stereocenters. The Morgan fingerprint density at radius 1 is 1.28 bits per heavy atom. The van der Waals surface area contributed by atoms with E-state index in [2.05, 4.69) is 22.4 Å². The maximum atomic E-state index is 13.3. The topological polar surface area (TPSA) is 69.6 Å². The lowest BCUT2D eigenvalue weighted by atomic mass is 10.2. The van der Waals surface area contributed by atoms with Gasteiger partial charge < -0.3 is 5.73 Å². The lowest BCUT2D eigenvalue weighted by Gasteiger charge is -2.05. The Morgan fingerprint density at radius 3 is 2.83 bits per heavy atom. The van der Waals surface area contributed by atoms with Gasteiger partial charge in [0.15, 0.2) is 5.82 Å². The number of nitrogens with zero attached hydrogens (tertiary/aromatic N) is 4. The van der Waals surface area contributed by atoms with Crippen molar-refractivity contribution in [3.05, 3.63) is 24.0 Å². The molecule has 2 N–H and O–H groups in total. The zero-order valence-electron chi connectivity index (χ0n) is 10.3. The molecule has 5 nitrogen and oxygen atoms in total. The van der Waals surface area contributed by atoms with E-state index in [1.54, 1.807) is 10.7 Å². The van der Waals surface area contributed by atoms with Gasteiger partial charge in [0, 0.05) is 17.8 Å². The molecule has 0 aliphatic heterocycles. The monoisotopic (exact) mass is 249 g/mol. The fourth-order valence-electron chi connectivity index (χ4n) is 1.82. The summed E-state index contributed by atoms with van der Waals surface area (Å²) in [5.74, 6) is 0.172. The van der Waals surface area contributed by atoms with Crippen LogP contribution in [-0.2, 0) is 6.54 Å². The number of aryl methyl sites for hydroxylation is 1. The number of tetrazole rings is 1. The van der Waals surface area contributed by atoms with Gasteiger partial charge in [-0.2, -0.15) is 0 Å². The standard InChI is InChI=1S/C12H16FN5/c1-2-3-4-5-18-12(15-16-17-18)9-6-10(13)8-11(14)7-9/h6-8H,2-5,14H2,1H3. The summed E-state index contributed by atoms with van der Waals surface area (Å²) in [6, 6.07) is 4.33. The van der Waals surface area contributed by atoms with Crippen molar-refractivity contribution >= 4 is 5.69 Å². The number of anilines is 1. The fourth-order valence-corrected chi connectivity index (χ4v) is 1.82. The molecule has 1 heterocycles. The molecule has 0 unspecified atom stereocenters. The van der Waals surface area contributed by atoms with Crippen molar-refractivity contribution in [1.29, 1.82) is 0 Å². The first-order chi connectivity index (χ1) is 8.70. The smallest absolute Gasteiger partial charge is 0.182 e. The second-order valence-electron chi connectivity index (χ2n) is 4.21. The van der Waals surface area contributed by atoms with E-state index in [1.165, 1.54) is 12.1 Å². The first kappa shape index (κ1) is 12.5. The summed E-state index contributed by atoms with van der Waals surface area (Å²) < 4.78 is 15.0. The van der Waals surface area contributed by atoms with Crippen LogP contribution in [0.2, 0.25) is 0 Å². The average molecular weight is 249 g/mol. The molecule has 2 rings (SSSR count). The highest BCUT2D eigenvalue weighted by Gasteiger charge is 2.10. The zero-order valence-corrected chi connectivity index (χ0v) is 10.3. The number of hydrogen-bond acceptors (Lipinski definition) is 4. The van der Waals surface area contributed by atoms with E-state index >= 15 is 0 Å². The molecule has 96 valence electrons. The summed E-state index contributed by atoms with van der Waals surface area (Å²) in [6.45, 7) is 2.86. The van der Waals surface area contributed by atoms with Gasteiger partial charge in [-0.25, -0.2) is 9.07 Å². The molecule has 0 aliphatic carbocycles. The van der Waals surface area contributed by atoms with E-state index in [4.69, 9.17) is 5.73 Å². The predicted octanol–water partition coefficient (Wildman–Crippen LogP) is 2.25. The van der Waals surface area contributed by atoms with Crippen LogP contribution in [0.5, 0.6) is 0 Å². The highest BCUT2D eigenvalue weighted by Crippen LogP contribution is 2.20. The van der Waals surface area contributed by atoms with E-state index in [1.807, 2.05) is 0 Å². The van der Waals surface area contributed by atoms with E-state index in [0.29, 0.717) is 17.1 Å². The maximum Gasteiger partial charge on any atom is 0.182 e. The largest absolute Gasteiger partial charge is 0.399 e. The van der Waals surface area contributed by atoms with Gasteiger partial charge in [-0.15, -0.1) is 5.10 Å². The number of nitrogens with two attached hydrogens (primary N) is 1. The van der Waals surface area contributed by atoms with Crippen molar-refractivity contribution in [2.24, 2.45) is 0 Å². The van der Waals surface area contributed by atoms with Crippen molar-refractivity contribution in [1.82, 2.24) is 20.2 Å². The van der Waals surface area contributed by atoms with Gasteiger partial charge in [0.2, 0.25) is 0 Å². The predicted molar refractivity (Wildman–Crippen MR) is 67.1 cm³/mol. The second-order valence-corrected chi connectivity index (χ2v) is 4.21. The Bertz CT molecular complexity index is 503. The third-order valence-electron chi connectivity index (χ3n) is 2.68. The second kappa shape index (κ2) is 5.57. The molecule has 0 radical (unpaired) electrons. The number of benzene rings is 1. The van der Waals surface area contributed by atoms with Gasteiger partial charge in [-0.05, 0) is 35.0 Å². The summed E-state index contributed by atoms with van der Waals surface area (Å²) in [7, 11) is 0.